The number of nitrogens with one attached hydrogen (secondary N) is 1. The highest BCUT2D eigenvalue weighted by molar-refractivity contribution is 5.18. The van der Waals surface area contributed by atoms with Crippen LogP contribution in [0, 0.1) is 6.92 Å². The molecule has 1 aliphatic rings. The monoisotopic (exact) mass is 224 g/mol. The van der Waals surface area contributed by atoms with Crippen molar-refractivity contribution >= 4 is 0 Å². The Morgan fingerprint density at radius 2 is 2.12 bits per heavy atom. The van der Waals surface area contributed by atoms with Crippen molar-refractivity contribution < 1.29 is 9.15 Å². The number of aromatic nitrogens is 1. The molecule has 0 bridgehead atoms. The smallest absolute Gasteiger partial charge is 0.225 e. The highest BCUT2D eigenvalue weighted by Crippen LogP contribution is 2.28. The molecule has 16 heavy (non-hydrogen) atoms. The zero-order valence-electron chi connectivity index (χ0n) is 10.5. The molecule has 1 unspecified atom stereocenters. The van der Waals surface area contributed by atoms with Gasteiger partial charge in [-0.05, 0) is 6.92 Å². The van der Waals surface area contributed by atoms with E-state index in [2.05, 4.69) is 31.1 Å². The van der Waals surface area contributed by atoms with E-state index in [1.54, 1.807) is 0 Å². The Morgan fingerprint density at radius 3 is 2.62 bits per heavy atom. The molecule has 1 fully saturated rings. The third-order valence-corrected chi connectivity index (χ3v) is 2.73. The van der Waals surface area contributed by atoms with Crippen LogP contribution >= 0.6 is 0 Å². The molecule has 0 aliphatic carbocycles. The van der Waals surface area contributed by atoms with Gasteiger partial charge in [0.2, 0.25) is 5.89 Å². The molecule has 0 saturated carbocycles. The average molecular weight is 224 g/mol. The van der Waals surface area contributed by atoms with E-state index >= 15 is 0 Å². The van der Waals surface area contributed by atoms with Crippen LogP contribution in [0.3, 0.4) is 0 Å². The van der Waals surface area contributed by atoms with Crippen LogP contribution in [0.15, 0.2) is 4.42 Å². The molecule has 1 N–H and O–H groups in total. The number of oxazole rings is 1. The van der Waals surface area contributed by atoms with Gasteiger partial charge in [-0.15, -0.1) is 0 Å². The number of hydrogen-bond donors (Lipinski definition) is 1. The number of hydrogen-bond acceptors (Lipinski definition) is 4. The van der Waals surface area contributed by atoms with Crippen LogP contribution in [0.4, 0.5) is 0 Å². The minimum Gasteiger partial charge on any atom is -0.443 e. The predicted octanol–water partition coefficient (Wildman–Crippen LogP) is 1.94. The van der Waals surface area contributed by atoms with Crippen molar-refractivity contribution in [2.75, 3.05) is 19.7 Å². The molecule has 2 rings (SSSR count). The predicted molar refractivity (Wildman–Crippen MR) is 61.5 cm³/mol. The summed E-state index contributed by atoms with van der Waals surface area (Å²) >= 11 is 0. The first-order chi connectivity index (χ1) is 7.48. The van der Waals surface area contributed by atoms with Crippen molar-refractivity contribution in [3.8, 4) is 0 Å². The van der Waals surface area contributed by atoms with Crippen LogP contribution in [-0.2, 0) is 10.2 Å². The van der Waals surface area contributed by atoms with E-state index in [1.165, 1.54) is 0 Å². The normalized spacial score (nSPS) is 22.4. The van der Waals surface area contributed by atoms with E-state index < -0.39 is 0 Å². The summed E-state index contributed by atoms with van der Waals surface area (Å²) in [5.74, 6) is 1.60. The maximum absolute atomic E-state index is 5.70. The fraction of sp³-hybridized carbons (Fsp3) is 0.750. The molecule has 1 aromatic rings. The summed E-state index contributed by atoms with van der Waals surface area (Å²) in [5.41, 5.74) is 1.05. The summed E-state index contributed by atoms with van der Waals surface area (Å²) in [6.07, 6.45) is -0.0384. The van der Waals surface area contributed by atoms with E-state index in [1.807, 2.05) is 6.92 Å². The van der Waals surface area contributed by atoms with E-state index in [0.717, 1.165) is 31.2 Å². The third-order valence-electron chi connectivity index (χ3n) is 2.73. The minimum atomic E-state index is -0.0384. The lowest BCUT2D eigenvalue weighted by atomic mass is 9.91. The van der Waals surface area contributed by atoms with Crippen molar-refractivity contribution in [1.82, 2.24) is 10.3 Å². The standard InChI is InChI=1S/C12H20N2O2/c1-8-10(12(2,3)4)14-11(16-8)9-7-13-5-6-15-9/h9,13H,5-7H2,1-4H3. The quantitative estimate of drug-likeness (QED) is 0.792. The van der Waals surface area contributed by atoms with Gasteiger partial charge in [-0.3, -0.25) is 0 Å². The molecule has 1 aliphatic heterocycles. The first kappa shape index (κ1) is 11.6. The first-order valence-corrected chi connectivity index (χ1v) is 5.78. The van der Waals surface area contributed by atoms with Crippen LogP contribution in [0.2, 0.25) is 0 Å². The maximum Gasteiger partial charge on any atom is 0.225 e. The van der Waals surface area contributed by atoms with Crippen molar-refractivity contribution in [3.63, 3.8) is 0 Å². The zero-order valence-corrected chi connectivity index (χ0v) is 10.5. The Hall–Kier alpha value is -0.870. The van der Waals surface area contributed by atoms with E-state index in [9.17, 15) is 0 Å². The number of ether oxygens (including phenoxy) is 1. The molecular weight excluding hydrogens is 204 g/mol. The SMILES string of the molecule is Cc1oc(C2CNCCO2)nc1C(C)(C)C. The summed E-state index contributed by atoms with van der Waals surface area (Å²) in [5, 5.41) is 3.28. The maximum atomic E-state index is 5.70. The van der Waals surface area contributed by atoms with Gasteiger partial charge in [0.15, 0.2) is 0 Å². The summed E-state index contributed by atoms with van der Waals surface area (Å²) in [6.45, 7) is 10.8. The highest BCUT2D eigenvalue weighted by atomic mass is 16.5. The van der Waals surface area contributed by atoms with Crippen molar-refractivity contribution in [2.45, 2.75) is 39.2 Å². The van der Waals surface area contributed by atoms with Crippen LogP contribution in [0.5, 0.6) is 0 Å². The molecule has 1 saturated heterocycles. The Bertz CT molecular complexity index is 360. The topological polar surface area (TPSA) is 47.3 Å². The lowest BCUT2D eigenvalue weighted by molar-refractivity contribution is 0.0104. The number of aryl methyl sites for hydroxylation is 1. The molecule has 4 nitrogen and oxygen atoms in total. The van der Waals surface area contributed by atoms with Crippen LogP contribution in [0.1, 0.15) is 44.2 Å². The van der Waals surface area contributed by atoms with Gasteiger partial charge in [0.25, 0.3) is 0 Å². The van der Waals surface area contributed by atoms with Gasteiger partial charge in [0, 0.05) is 18.5 Å². The summed E-state index contributed by atoms with van der Waals surface area (Å²) in [7, 11) is 0. The van der Waals surface area contributed by atoms with Gasteiger partial charge in [-0.25, -0.2) is 4.98 Å². The Labute approximate surface area is 96.4 Å². The number of nitrogens with zero attached hydrogens (tertiary/aromatic N) is 1. The Kier molecular flexibility index (Phi) is 3.04. The van der Waals surface area contributed by atoms with Crippen molar-refractivity contribution in [2.24, 2.45) is 0 Å². The largest absolute Gasteiger partial charge is 0.443 e. The fourth-order valence-corrected chi connectivity index (χ4v) is 1.97. The summed E-state index contributed by atoms with van der Waals surface area (Å²) in [4.78, 5) is 4.57. The second-order valence-electron chi connectivity index (χ2n) is 5.27. The zero-order chi connectivity index (χ0) is 11.8. The van der Waals surface area contributed by atoms with Gasteiger partial charge in [0.1, 0.15) is 11.9 Å². The van der Waals surface area contributed by atoms with Gasteiger partial charge in [-0.2, -0.15) is 0 Å². The lowest BCUT2D eigenvalue weighted by Gasteiger charge is -2.20. The average Bonchev–Trinajstić information content (AvgIpc) is 2.61. The van der Waals surface area contributed by atoms with Crippen LogP contribution in [-0.4, -0.2) is 24.7 Å². The third kappa shape index (κ3) is 2.28. The van der Waals surface area contributed by atoms with Gasteiger partial charge in [-0.1, -0.05) is 20.8 Å². The lowest BCUT2D eigenvalue weighted by Crippen LogP contribution is -2.33. The summed E-state index contributed by atoms with van der Waals surface area (Å²) in [6, 6.07) is 0. The molecule has 1 aromatic heterocycles. The molecule has 1 atom stereocenters. The molecule has 0 aromatic carbocycles. The minimum absolute atomic E-state index is 0.0218. The van der Waals surface area contributed by atoms with E-state index in [4.69, 9.17) is 9.15 Å². The summed E-state index contributed by atoms with van der Waals surface area (Å²) < 4.78 is 11.3. The molecule has 2 heterocycles. The fourth-order valence-electron chi connectivity index (χ4n) is 1.97. The molecular formula is C12H20N2O2. The van der Waals surface area contributed by atoms with Crippen molar-refractivity contribution in [3.05, 3.63) is 17.3 Å². The Balaban J connectivity index is 2.23. The first-order valence-electron chi connectivity index (χ1n) is 5.78. The molecule has 0 radical (unpaired) electrons. The second-order valence-corrected chi connectivity index (χ2v) is 5.27. The molecule has 0 amide bonds. The van der Waals surface area contributed by atoms with E-state index in [0.29, 0.717) is 5.89 Å². The molecule has 90 valence electrons. The van der Waals surface area contributed by atoms with Crippen LogP contribution < -0.4 is 5.32 Å². The number of rotatable bonds is 1. The Morgan fingerprint density at radius 1 is 1.38 bits per heavy atom. The van der Waals surface area contributed by atoms with Crippen molar-refractivity contribution in [1.29, 1.82) is 0 Å². The van der Waals surface area contributed by atoms with Crippen LogP contribution in [0.25, 0.3) is 0 Å². The molecule has 0 spiro atoms. The highest BCUT2D eigenvalue weighted by Gasteiger charge is 2.27. The number of morpholine rings is 1. The van der Waals surface area contributed by atoms with E-state index in [-0.39, 0.29) is 11.5 Å². The van der Waals surface area contributed by atoms with Gasteiger partial charge >= 0.3 is 0 Å². The second kappa shape index (κ2) is 4.18. The van der Waals surface area contributed by atoms with Gasteiger partial charge in [0.05, 0.1) is 12.3 Å². The van der Waals surface area contributed by atoms with Gasteiger partial charge < -0.3 is 14.5 Å². The molecule has 4 heteroatoms.